The monoisotopic (exact) mass is 364 g/mol. The highest BCUT2D eigenvalue weighted by molar-refractivity contribution is 6.35. The van der Waals surface area contributed by atoms with E-state index >= 15 is 0 Å². The quantitative estimate of drug-likeness (QED) is 0.879. The zero-order chi connectivity index (χ0) is 17.1. The fourth-order valence-electron chi connectivity index (χ4n) is 2.73. The molecule has 1 amide bonds. The number of anilines is 2. The fraction of sp³-hybridized carbons (Fsp3) is 0.353. The average Bonchev–Trinajstić information content (AvgIpc) is 2.54. The van der Waals surface area contributed by atoms with Gasteiger partial charge >= 0.3 is 0 Å². The predicted molar refractivity (Wildman–Crippen MR) is 97.2 cm³/mol. The van der Waals surface area contributed by atoms with Gasteiger partial charge in [-0.1, -0.05) is 23.2 Å². The molecule has 1 saturated heterocycles. The number of aryl methyl sites for hydroxylation is 1. The van der Waals surface area contributed by atoms with E-state index in [1.807, 2.05) is 6.92 Å². The van der Waals surface area contributed by atoms with Crippen LogP contribution in [0.4, 0.5) is 11.6 Å². The minimum atomic E-state index is -0.308. The van der Waals surface area contributed by atoms with E-state index in [-0.39, 0.29) is 5.91 Å². The summed E-state index contributed by atoms with van der Waals surface area (Å²) in [5.74, 6) is 0.307. The molecule has 0 atom stereocenters. The number of benzene rings is 1. The van der Waals surface area contributed by atoms with Crippen molar-refractivity contribution in [2.45, 2.75) is 26.2 Å². The molecule has 0 aliphatic carbocycles. The first-order chi connectivity index (χ1) is 11.5. The molecule has 0 saturated carbocycles. The smallest absolute Gasteiger partial charge is 0.274 e. The van der Waals surface area contributed by atoms with Gasteiger partial charge in [0.1, 0.15) is 5.69 Å². The highest BCUT2D eigenvalue weighted by Crippen LogP contribution is 2.23. The van der Waals surface area contributed by atoms with Crippen LogP contribution in [0.3, 0.4) is 0 Å². The molecule has 126 valence electrons. The Labute approximate surface area is 151 Å². The van der Waals surface area contributed by atoms with Gasteiger partial charge in [0, 0.05) is 34.5 Å². The molecule has 2 aromatic rings. The number of rotatable bonds is 3. The number of nitrogens with one attached hydrogen (secondary N) is 1. The highest BCUT2D eigenvalue weighted by atomic mass is 35.5. The first-order valence-electron chi connectivity index (χ1n) is 7.89. The second-order valence-corrected chi connectivity index (χ2v) is 6.73. The molecular weight excluding hydrogens is 347 g/mol. The van der Waals surface area contributed by atoms with Crippen LogP contribution in [0, 0.1) is 6.92 Å². The SMILES string of the molecule is Cc1cc(C(=O)Nc2cc(Cl)cc(Cl)c2)nc(N2CCCCC2)n1. The number of nitrogens with zero attached hydrogens (tertiary/aromatic N) is 3. The van der Waals surface area contributed by atoms with Crippen molar-refractivity contribution < 1.29 is 4.79 Å². The molecule has 2 heterocycles. The van der Waals surface area contributed by atoms with Crippen molar-refractivity contribution in [3.8, 4) is 0 Å². The normalized spacial score (nSPS) is 14.5. The van der Waals surface area contributed by atoms with E-state index in [9.17, 15) is 4.79 Å². The molecular formula is C17H18Cl2N4O. The first-order valence-corrected chi connectivity index (χ1v) is 8.65. The van der Waals surface area contributed by atoms with Gasteiger partial charge in [-0.2, -0.15) is 0 Å². The summed E-state index contributed by atoms with van der Waals surface area (Å²) in [6.07, 6.45) is 3.48. The highest BCUT2D eigenvalue weighted by Gasteiger charge is 2.17. The van der Waals surface area contributed by atoms with E-state index in [4.69, 9.17) is 23.2 Å². The van der Waals surface area contributed by atoms with Gasteiger partial charge < -0.3 is 10.2 Å². The number of carbonyl (C=O) groups excluding carboxylic acids is 1. The maximum Gasteiger partial charge on any atom is 0.274 e. The molecule has 24 heavy (non-hydrogen) atoms. The molecule has 1 aromatic heterocycles. The van der Waals surface area contributed by atoms with E-state index < -0.39 is 0 Å². The van der Waals surface area contributed by atoms with Crippen LogP contribution < -0.4 is 10.2 Å². The van der Waals surface area contributed by atoms with Crippen molar-refractivity contribution in [2.75, 3.05) is 23.3 Å². The van der Waals surface area contributed by atoms with Crippen LogP contribution in [0.1, 0.15) is 35.4 Å². The van der Waals surface area contributed by atoms with Crippen molar-refractivity contribution >= 4 is 40.7 Å². The lowest BCUT2D eigenvalue weighted by Crippen LogP contribution is -2.31. The Hall–Kier alpha value is -1.85. The Bertz CT molecular complexity index is 740. The predicted octanol–water partition coefficient (Wildman–Crippen LogP) is 4.33. The van der Waals surface area contributed by atoms with Crippen LogP contribution >= 0.6 is 23.2 Å². The molecule has 1 fully saturated rings. The number of piperidine rings is 1. The number of amides is 1. The van der Waals surface area contributed by atoms with Crippen LogP contribution in [-0.4, -0.2) is 29.0 Å². The summed E-state index contributed by atoms with van der Waals surface area (Å²) in [7, 11) is 0. The van der Waals surface area contributed by atoms with Gasteiger partial charge in [0.15, 0.2) is 0 Å². The lowest BCUT2D eigenvalue weighted by atomic mass is 10.1. The third-order valence-electron chi connectivity index (χ3n) is 3.83. The minimum Gasteiger partial charge on any atom is -0.341 e. The van der Waals surface area contributed by atoms with Crippen molar-refractivity contribution in [1.82, 2.24) is 9.97 Å². The number of halogens is 2. The molecule has 0 bridgehead atoms. The molecule has 7 heteroatoms. The third-order valence-corrected chi connectivity index (χ3v) is 4.27. The average molecular weight is 365 g/mol. The summed E-state index contributed by atoms with van der Waals surface area (Å²) >= 11 is 11.9. The van der Waals surface area contributed by atoms with Crippen molar-refractivity contribution in [3.63, 3.8) is 0 Å². The molecule has 0 unspecified atom stereocenters. The van der Waals surface area contributed by atoms with Crippen LogP contribution in [0.25, 0.3) is 0 Å². The Balaban J connectivity index is 1.82. The number of hydrogen-bond donors (Lipinski definition) is 1. The van der Waals surface area contributed by atoms with Crippen LogP contribution in [0.5, 0.6) is 0 Å². The number of aromatic nitrogens is 2. The van der Waals surface area contributed by atoms with Crippen LogP contribution in [-0.2, 0) is 0 Å². The molecule has 0 radical (unpaired) electrons. The van der Waals surface area contributed by atoms with E-state index in [1.165, 1.54) is 6.42 Å². The summed E-state index contributed by atoms with van der Waals surface area (Å²) in [5, 5.41) is 3.71. The van der Waals surface area contributed by atoms with Crippen molar-refractivity contribution in [3.05, 3.63) is 45.7 Å². The lowest BCUT2D eigenvalue weighted by Gasteiger charge is -2.27. The topological polar surface area (TPSA) is 58.1 Å². The summed E-state index contributed by atoms with van der Waals surface area (Å²) in [5.41, 5.74) is 1.63. The van der Waals surface area contributed by atoms with Gasteiger partial charge in [0.05, 0.1) is 0 Å². The minimum absolute atomic E-state index is 0.308. The second-order valence-electron chi connectivity index (χ2n) is 5.85. The Morgan fingerprint density at radius 2 is 1.71 bits per heavy atom. The first kappa shape index (κ1) is 17.0. The maximum absolute atomic E-state index is 12.5. The van der Waals surface area contributed by atoms with Crippen molar-refractivity contribution in [1.29, 1.82) is 0 Å². The Morgan fingerprint density at radius 3 is 2.38 bits per heavy atom. The fourth-order valence-corrected chi connectivity index (χ4v) is 3.25. The summed E-state index contributed by atoms with van der Waals surface area (Å²) in [4.78, 5) is 23.5. The van der Waals surface area contributed by atoms with Gasteiger partial charge in [0.25, 0.3) is 5.91 Å². The van der Waals surface area contributed by atoms with Crippen LogP contribution in [0.2, 0.25) is 10.0 Å². The molecule has 1 N–H and O–H groups in total. The van der Waals surface area contributed by atoms with Gasteiger partial charge in [-0.3, -0.25) is 4.79 Å². The molecule has 5 nitrogen and oxygen atoms in total. The molecule has 1 aliphatic rings. The van der Waals surface area contributed by atoms with Crippen LogP contribution in [0.15, 0.2) is 24.3 Å². The standard InChI is InChI=1S/C17H18Cl2N4O/c1-11-7-15(22-17(20-11)23-5-3-2-4-6-23)16(24)21-14-9-12(18)8-13(19)10-14/h7-10H,2-6H2,1H3,(H,21,24). The third kappa shape index (κ3) is 4.16. The van der Waals surface area contributed by atoms with E-state index in [1.54, 1.807) is 24.3 Å². The summed E-state index contributed by atoms with van der Waals surface area (Å²) in [6.45, 7) is 3.71. The number of carbonyl (C=O) groups is 1. The maximum atomic E-state index is 12.5. The second kappa shape index (κ2) is 7.36. The molecule has 0 spiro atoms. The van der Waals surface area contributed by atoms with E-state index in [2.05, 4.69) is 20.2 Å². The van der Waals surface area contributed by atoms with Gasteiger partial charge in [-0.05, 0) is 50.5 Å². The van der Waals surface area contributed by atoms with E-state index in [0.29, 0.717) is 27.4 Å². The zero-order valence-electron chi connectivity index (χ0n) is 13.4. The largest absolute Gasteiger partial charge is 0.341 e. The molecule has 1 aliphatic heterocycles. The van der Waals surface area contributed by atoms with E-state index in [0.717, 1.165) is 31.6 Å². The summed E-state index contributed by atoms with van der Waals surface area (Å²) < 4.78 is 0. The zero-order valence-corrected chi connectivity index (χ0v) is 14.9. The lowest BCUT2D eigenvalue weighted by molar-refractivity contribution is 0.102. The van der Waals surface area contributed by atoms with Gasteiger partial charge in [0.2, 0.25) is 5.95 Å². The van der Waals surface area contributed by atoms with Crippen molar-refractivity contribution in [2.24, 2.45) is 0 Å². The molecule has 3 rings (SSSR count). The molecule has 1 aromatic carbocycles. The number of hydrogen-bond acceptors (Lipinski definition) is 4. The van der Waals surface area contributed by atoms with Gasteiger partial charge in [-0.15, -0.1) is 0 Å². The summed E-state index contributed by atoms with van der Waals surface area (Å²) in [6, 6.07) is 6.58. The Kier molecular flexibility index (Phi) is 5.21. The van der Waals surface area contributed by atoms with Gasteiger partial charge in [-0.25, -0.2) is 9.97 Å². The Morgan fingerprint density at radius 1 is 1.04 bits per heavy atom.